The first kappa shape index (κ1) is 40.8. The van der Waals surface area contributed by atoms with Crippen LogP contribution in [0.2, 0.25) is 0 Å². The van der Waals surface area contributed by atoms with Crippen LogP contribution >= 0.6 is 0 Å². The van der Waals surface area contributed by atoms with Crippen LogP contribution in [0.25, 0.3) is 0 Å². The molecule has 1 unspecified atom stereocenters. The molecule has 2 amide bonds. The van der Waals surface area contributed by atoms with Crippen molar-refractivity contribution in [1.82, 2.24) is 4.90 Å². The summed E-state index contributed by atoms with van der Waals surface area (Å²) in [7, 11) is 10.8. The SMILES string of the molecule is COCOc1ccc(C2c3c(cc(OC)c(OC)c3OC)C(=O)N2CCCc2ccccc2)cc1.COc1cc(C(=O)Nc2ccccc2)cc(OC)c1OC. The fourth-order valence-corrected chi connectivity index (χ4v) is 6.54. The molecule has 5 aromatic carbocycles. The molecule has 0 bridgehead atoms. The summed E-state index contributed by atoms with van der Waals surface area (Å²) in [6.45, 7) is 0.753. The number of aryl methyl sites for hydroxylation is 1. The first-order valence-corrected chi connectivity index (χ1v) is 17.9. The van der Waals surface area contributed by atoms with Crippen LogP contribution in [-0.2, 0) is 11.2 Å². The molecule has 12 nitrogen and oxygen atoms in total. The van der Waals surface area contributed by atoms with Gasteiger partial charge >= 0.3 is 0 Å². The number of para-hydroxylation sites is 1. The number of nitrogens with zero attached hydrogens (tertiary/aromatic N) is 1. The minimum atomic E-state index is -0.334. The third kappa shape index (κ3) is 9.27. The van der Waals surface area contributed by atoms with E-state index in [1.54, 1.807) is 46.6 Å². The molecule has 0 aliphatic carbocycles. The lowest BCUT2D eigenvalue weighted by Crippen LogP contribution is -2.30. The first-order chi connectivity index (χ1) is 27.3. The summed E-state index contributed by atoms with van der Waals surface area (Å²) < 4.78 is 43.2. The quantitative estimate of drug-likeness (QED) is 0.0995. The first-order valence-electron chi connectivity index (χ1n) is 17.9. The van der Waals surface area contributed by atoms with E-state index in [0.717, 1.165) is 29.7 Å². The summed E-state index contributed by atoms with van der Waals surface area (Å²) in [6.07, 6.45) is 1.70. The van der Waals surface area contributed by atoms with Crippen molar-refractivity contribution in [2.45, 2.75) is 18.9 Å². The summed E-state index contributed by atoms with van der Waals surface area (Å²) >= 11 is 0. The highest BCUT2D eigenvalue weighted by Crippen LogP contribution is 2.51. The number of benzene rings is 5. The zero-order chi connectivity index (χ0) is 40.0. The van der Waals surface area contributed by atoms with Gasteiger partial charge in [-0.15, -0.1) is 0 Å². The van der Waals surface area contributed by atoms with Crippen LogP contribution in [0, 0.1) is 0 Å². The van der Waals surface area contributed by atoms with Crippen molar-refractivity contribution in [3.05, 3.63) is 131 Å². The van der Waals surface area contributed by atoms with E-state index < -0.39 is 0 Å². The maximum atomic E-state index is 13.7. The number of carbonyl (C=O) groups excluding carboxylic acids is 2. The molecule has 0 saturated heterocycles. The summed E-state index contributed by atoms with van der Waals surface area (Å²) in [5, 5.41) is 2.81. The Kier molecular flexibility index (Phi) is 14.4. The fourth-order valence-electron chi connectivity index (χ4n) is 6.54. The van der Waals surface area contributed by atoms with Gasteiger partial charge in [0.15, 0.2) is 29.8 Å². The highest BCUT2D eigenvalue weighted by molar-refractivity contribution is 6.05. The molecule has 12 heteroatoms. The van der Waals surface area contributed by atoms with E-state index in [9.17, 15) is 9.59 Å². The number of carbonyl (C=O) groups is 2. The minimum Gasteiger partial charge on any atom is -0.493 e. The lowest BCUT2D eigenvalue weighted by Gasteiger charge is -2.27. The van der Waals surface area contributed by atoms with Gasteiger partial charge in [0.2, 0.25) is 11.5 Å². The van der Waals surface area contributed by atoms with Crippen LogP contribution in [-0.4, -0.2) is 79.8 Å². The van der Waals surface area contributed by atoms with Gasteiger partial charge in [-0.3, -0.25) is 9.59 Å². The molecule has 0 fully saturated rings. The van der Waals surface area contributed by atoms with Crippen molar-refractivity contribution in [3.8, 4) is 40.2 Å². The molecule has 1 aliphatic rings. The number of hydrogen-bond acceptors (Lipinski definition) is 10. The largest absolute Gasteiger partial charge is 0.493 e. The molecule has 0 radical (unpaired) electrons. The van der Waals surface area contributed by atoms with E-state index in [1.807, 2.05) is 77.7 Å². The molecule has 1 N–H and O–H groups in total. The average Bonchev–Trinajstić information content (AvgIpc) is 3.52. The van der Waals surface area contributed by atoms with E-state index in [1.165, 1.54) is 26.9 Å². The van der Waals surface area contributed by atoms with Gasteiger partial charge in [0, 0.05) is 30.5 Å². The van der Waals surface area contributed by atoms with Gasteiger partial charge < -0.3 is 48.1 Å². The molecule has 1 aliphatic heterocycles. The van der Waals surface area contributed by atoms with Crippen LogP contribution in [0.4, 0.5) is 5.69 Å². The Morgan fingerprint density at radius 3 is 1.79 bits per heavy atom. The minimum absolute atomic E-state index is 0.0583. The number of ether oxygens (including phenoxy) is 8. The van der Waals surface area contributed by atoms with Crippen molar-refractivity contribution in [3.63, 3.8) is 0 Å². The van der Waals surface area contributed by atoms with Gasteiger partial charge in [-0.1, -0.05) is 60.7 Å². The Balaban J connectivity index is 0.000000244. The van der Waals surface area contributed by atoms with E-state index in [2.05, 4.69) is 17.4 Å². The van der Waals surface area contributed by atoms with Crippen molar-refractivity contribution >= 4 is 17.5 Å². The molecular weight excluding hydrogens is 716 g/mol. The molecular formula is C44H48N2O10. The second-order valence-corrected chi connectivity index (χ2v) is 12.5. The van der Waals surface area contributed by atoms with Gasteiger partial charge in [0.25, 0.3) is 11.8 Å². The Morgan fingerprint density at radius 2 is 1.23 bits per heavy atom. The molecule has 5 aromatic rings. The average molecular weight is 765 g/mol. The standard InChI is InChI=1S/C28H31NO6.C16H17NO4/c1-31-18-35-21-14-12-20(13-15-21)25-24-22(17-23(32-2)26(33-3)27(24)34-4)28(30)29(25)16-8-11-19-9-6-5-7-10-19;1-19-13-9-11(10-14(20-2)15(13)21-3)16(18)17-12-7-5-4-6-8-12/h5-7,9-10,12-15,17,25H,8,11,16,18H2,1-4H3;4-10H,1-3H3,(H,17,18). The van der Waals surface area contributed by atoms with E-state index in [0.29, 0.717) is 57.9 Å². The number of rotatable bonds is 16. The lowest BCUT2D eigenvalue weighted by atomic mass is 9.95. The van der Waals surface area contributed by atoms with Crippen LogP contribution in [0.15, 0.2) is 103 Å². The van der Waals surface area contributed by atoms with Crippen LogP contribution in [0.1, 0.15) is 49.9 Å². The maximum absolute atomic E-state index is 13.7. The zero-order valence-corrected chi connectivity index (χ0v) is 32.8. The zero-order valence-electron chi connectivity index (χ0n) is 32.8. The number of methoxy groups -OCH3 is 7. The van der Waals surface area contributed by atoms with E-state index in [4.69, 9.17) is 37.9 Å². The van der Waals surface area contributed by atoms with E-state index >= 15 is 0 Å². The topological polar surface area (TPSA) is 123 Å². The van der Waals surface area contributed by atoms with Gasteiger partial charge in [-0.2, -0.15) is 0 Å². The van der Waals surface area contributed by atoms with Gasteiger partial charge in [-0.05, 0) is 66.4 Å². The fraction of sp³-hybridized carbons (Fsp3) is 0.273. The van der Waals surface area contributed by atoms with Crippen LogP contribution < -0.4 is 38.5 Å². The highest BCUT2D eigenvalue weighted by Gasteiger charge is 2.42. The number of fused-ring (bicyclic) bond motifs is 1. The Labute approximate surface area is 327 Å². The Bertz CT molecular complexity index is 2030. The second kappa shape index (κ2) is 19.8. The molecule has 294 valence electrons. The van der Waals surface area contributed by atoms with E-state index in [-0.39, 0.29) is 24.6 Å². The van der Waals surface area contributed by atoms with Crippen LogP contribution in [0.3, 0.4) is 0 Å². The predicted octanol–water partition coefficient (Wildman–Crippen LogP) is 7.84. The third-order valence-corrected chi connectivity index (χ3v) is 9.15. The summed E-state index contributed by atoms with van der Waals surface area (Å²) in [4.78, 5) is 27.9. The Hall–Kier alpha value is -6.40. The van der Waals surface area contributed by atoms with Crippen LogP contribution in [0.5, 0.6) is 40.2 Å². The summed E-state index contributed by atoms with van der Waals surface area (Å²) in [5.41, 5.74) is 4.68. The predicted molar refractivity (Wildman–Crippen MR) is 213 cm³/mol. The second-order valence-electron chi connectivity index (χ2n) is 12.5. The Morgan fingerprint density at radius 1 is 0.661 bits per heavy atom. The molecule has 1 heterocycles. The smallest absolute Gasteiger partial charge is 0.255 e. The molecule has 56 heavy (non-hydrogen) atoms. The number of anilines is 1. The van der Waals surface area contributed by atoms with Crippen molar-refractivity contribution in [1.29, 1.82) is 0 Å². The monoisotopic (exact) mass is 764 g/mol. The molecule has 0 saturated carbocycles. The van der Waals surface area contributed by atoms with Crippen molar-refractivity contribution < 1.29 is 47.5 Å². The summed E-state index contributed by atoms with van der Waals surface area (Å²) in [5.74, 6) is 3.15. The van der Waals surface area contributed by atoms with Gasteiger partial charge in [-0.25, -0.2) is 0 Å². The normalized spacial score (nSPS) is 12.8. The number of amides is 2. The summed E-state index contributed by atoms with van der Waals surface area (Å²) in [6, 6.07) is 31.8. The molecule has 6 rings (SSSR count). The highest BCUT2D eigenvalue weighted by atomic mass is 16.7. The molecule has 0 aromatic heterocycles. The molecule has 1 atom stereocenters. The van der Waals surface area contributed by atoms with Gasteiger partial charge in [0.05, 0.1) is 54.3 Å². The number of nitrogens with one attached hydrogen (secondary N) is 1. The van der Waals surface area contributed by atoms with Crippen molar-refractivity contribution in [2.24, 2.45) is 0 Å². The maximum Gasteiger partial charge on any atom is 0.255 e. The van der Waals surface area contributed by atoms with Gasteiger partial charge in [0.1, 0.15) is 5.75 Å². The molecule has 0 spiro atoms. The van der Waals surface area contributed by atoms with Crippen molar-refractivity contribution in [2.75, 3.05) is 68.4 Å². The number of hydrogen-bond donors (Lipinski definition) is 1. The lowest BCUT2D eigenvalue weighted by molar-refractivity contribution is 0.0511. The third-order valence-electron chi connectivity index (χ3n) is 9.15.